The second kappa shape index (κ2) is 5.70. The van der Waals surface area contributed by atoms with Crippen LogP contribution >= 0.6 is 0 Å². The quantitative estimate of drug-likeness (QED) is 0.886. The SMILES string of the molecule is CCCC1(C(=O)O)CCCN1Cc1cccc(C)n1. The van der Waals surface area contributed by atoms with E-state index in [0.717, 1.165) is 37.2 Å². The third-order valence-electron chi connectivity index (χ3n) is 3.98. The van der Waals surface area contributed by atoms with Gasteiger partial charge in [0.25, 0.3) is 0 Å². The lowest BCUT2D eigenvalue weighted by atomic mass is 9.90. The molecule has 1 fully saturated rings. The number of carbonyl (C=O) groups is 1. The molecule has 1 saturated heterocycles. The van der Waals surface area contributed by atoms with Crippen LogP contribution in [0.3, 0.4) is 0 Å². The number of likely N-dealkylation sites (tertiary alicyclic amines) is 1. The summed E-state index contributed by atoms with van der Waals surface area (Å²) in [5, 5.41) is 9.64. The van der Waals surface area contributed by atoms with Crippen LogP contribution in [0, 0.1) is 6.92 Å². The average molecular weight is 262 g/mol. The van der Waals surface area contributed by atoms with E-state index in [2.05, 4.69) is 9.88 Å². The van der Waals surface area contributed by atoms with Crippen LogP contribution in [-0.2, 0) is 11.3 Å². The molecule has 0 aromatic carbocycles. The van der Waals surface area contributed by atoms with Gasteiger partial charge in [-0.1, -0.05) is 19.4 Å². The molecular formula is C15H22N2O2. The van der Waals surface area contributed by atoms with Gasteiger partial charge >= 0.3 is 5.97 Å². The van der Waals surface area contributed by atoms with Gasteiger partial charge in [-0.25, -0.2) is 0 Å². The number of hydrogen-bond donors (Lipinski definition) is 1. The number of rotatable bonds is 5. The highest BCUT2D eigenvalue weighted by Gasteiger charge is 2.46. The number of carboxylic acid groups (broad SMARTS) is 1. The largest absolute Gasteiger partial charge is 0.480 e. The second-order valence-corrected chi connectivity index (χ2v) is 5.38. The predicted octanol–water partition coefficient (Wildman–Crippen LogP) is 2.61. The van der Waals surface area contributed by atoms with Gasteiger partial charge in [-0.15, -0.1) is 0 Å². The Morgan fingerprint density at radius 3 is 2.95 bits per heavy atom. The first-order chi connectivity index (χ1) is 9.08. The van der Waals surface area contributed by atoms with E-state index >= 15 is 0 Å². The molecule has 0 aliphatic carbocycles. The monoisotopic (exact) mass is 262 g/mol. The van der Waals surface area contributed by atoms with E-state index in [4.69, 9.17) is 0 Å². The minimum absolute atomic E-state index is 0.633. The third-order valence-corrected chi connectivity index (χ3v) is 3.98. The molecule has 4 heteroatoms. The Balaban J connectivity index is 2.20. The lowest BCUT2D eigenvalue weighted by Gasteiger charge is -2.34. The molecule has 0 spiro atoms. The van der Waals surface area contributed by atoms with Crippen molar-refractivity contribution in [2.24, 2.45) is 0 Å². The Kier molecular flexibility index (Phi) is 4.20. The molecule has 1 aromatic rings. The Hall–Kier alpha value is -1.42. The lowest BCUT2D eigenvalue weighted by molar-refractivity contribution is -0.150. The maximum Gasteiger partial charge on any atom is 0.324 e. The number of carboxylic acids is 1. The number of nitrogens with zero attached hydrogens (tertiary/aromatic N) is 2. The van der Waals surface area contributed by atoms with E-state index in [1.807, 2.05) is 32.0 Å². The van der Waals surface area contributed by atoms with Gasteiger partial charge in [-0.3, -0.25) is 14.7 Å². The summed E-state index contributed by atoms with van der Waals surface area (Å²) in [6.07, 6.45) is 3.32. The van der Waals surface area contributed by atoms with Gasteiger partial charge in [0.05, 0.1) is 5.69 Å². The number of aromatic nitrogens is 1. The molecule has 2 rings (SSSR count). The molecule has 4 nitrogen and oxygen atoms in total. The Morgan fingerprint density at radius 2 is 2.32 bits per heavy atom. The zero-order chi connectivity index (χ0) is 13.9. The van der Waals surface area contributed by atoms with Crippen molar-refractivity contribution in [3.8, 4) is 0 Å². The van der Waals surface area contributed by atoms with Gasteiger partial charge in [0.15, 0.2) is 0 Å². The molecular weight excluding hydrogens is 240 g/mol. The first-order valence-corrected chi connectivity index (χ1v) is 6.99. The van der Waals surface area contributed by atoms with Crippen LogP contribution in [-0.4, -0.2) is 33.0 Å². The van der Waals surface area contributed by atoms with Crippen LogP contribution in [0.5, 0.6) is 0 Å². The van der Waals surface area contributed by atoms with Crippen molar-refractivity contribution in [1.82, 2.24) is 9.88 Å². The highest BCUT2D eigenvalue weighted by molar-refractivity contribution is 5.79. The van der Waals surface area contributed by atoms with Crippen molar-refractivity contribution >= 4 is 5.97 Å². The molecule has 104 valence electrons. The van der Waals surface area contributed by atoms with E-state index in [1.54, 1.807) is 0 Å². The van der Waals surface area contributed by atoms with E-state index in [1.165, 1.54) is 0 Å². The van der Waals surface area contributed by atoms with Crippen LogP contribution in [0.15, 0.2) is 18.2 Å². The molecule has 1 atom stereocenters. The summed E-state index contributed by atoms with van der Waals surface area (Å²) in [7, 11) is 0. The zero-order valence-electron chi connectivity index (χ0n) is 11.7. The fraction of sp³-hybridized carbons (Fsp3) is 0.600. The average Bonchev–Trinajstić information content (AvgIpc) is 2.74. The van der Waals surface area contributed by atoms with Crippen LogP contribution in [0.2, 0.25) is 0 Å². The Labute approximate surface area is 114 Å². The molecule has 19 heavy (non-hydrogen) atoms. The molecule has 0 bridgehead atoms. The topological polar surface area (TPSA) is 53.4 Å². The van der Waals surface area contributed by atoms with E-state index in [9.17, 15) is 9.90 Å². The lowest BCUT2D eigenvalue weighted by Crippen LogP contribution is -2.50. The van der Waals surface area contributed by atoms with Crippen LogP contribution in [0.1, 0.15) is 44.0 Å². The normalized spacial score (nSPS) is 23.7. The van der Waals surface area contributed by atoms with Crippen molar-refractivity contribution < 1.29 is 9.90 Å². The molecule has 1 N–H and O–H groups in total. The summed E-state index contributed by atoms with van der Waals surface area (Å²) in [5.74, 6) is -0.681. The van der Waals surface area contributed by atoms with Gasteiger partial charge in [0.1, 0.15) is 5.54 Å². The number of aryl methyl sites for hydroxylation is 1. The fourth-order valence-corrected chi connectivity index (χ4v) is 3.09. The van der Waals surface area contributed by atoms with E-state index < -0.39 is 11.5 Å². The summed E-state index contributed by atoms with van der Waals surface area (Å²) in [6.45, 7) is 5.49. The van der Waals surface area contributed by atoms with Crippen LogP contribution in [0.25, 0.3) is 0 Å². The van der Waals surface area contributed by atoms with Crippen molar-refractivity contribution in [2.75, 3.05) is 6.54 Å². The smallest absolute Gasteiger partial charge is 0.324 e. The number of pyridine rings is 1. The van der Waals surface area contributed by atoms with Gasteiger partial charge in [-0.05, 0) is 44.9 Å². The van der Waals surface area contributed by atoms with Crippen molar-refractivity contribution in [3.05, 3.63) is 29.6 Å². The summed E-state index contributed by atoms with van der Waals surface area (Å²) in [6, 6.07) is 5.92. The highest BCUT2D eigenvalue weighted by Crippen LogP contribution is 2.35. The Morgan fingerprint density at radius 1 is 1.53 bits per heavy atom. The summed E-state index contributed by atoms with van der Waals surface area (Å²) < 4.78 is 0. The molecule has 2 heterocycles. The first kappa shape index (κ1) is 14.0. The summed E-state index contributed by atoms with van der Waals surface area (Å²) in [5.41, 5.74) is 1.26. The maximum absolute atomic E-state index is 11.7. The molecule has 1 aliphatic rings. The zero-order valence-corrected chi connectivity index (χ0v) is 11.7. The van der Waals surface area contributed by atoms with Gasteiger partial charge < -0.3 is 5.11 Å². The number of aliphatic carboxylic acids is 1. The number of hydrogen-bond acceptors (Lipinski definition) is 3. The fourth-order valence-electron chi connectivity index (χ4n) is 3.09. The minimum atomic E-state index is -0.681. The van der Waals surface area contributed by atoms with E-state index in [0.29, 0.717) is 13.0 Å². The van der Waals surface area contributed by atoms with Gasteiger partial charge in [0.2, 0.25) is 0 Å². The van der Waals surface area contributed by atoms with Crippen molar-refractivity contribution in [2.45, 2.75) is 51.6 Å². The molecule has 1 aromatic heterocycles. The standard InChI is InChI=1S/C15H22N2O2/c1-3-8-15(14(18)19)9-5-10-17(15)11-13-7-4-6-12(2)16-13/h4,6-7H,3,5,8-11H2,1-2H3,(H,18,19). The van der Waals surface area contributed by atoms with Crippen LogP contribution < -0.4 is 0 Å². The van der Waals surface area contributed by atoms with E-state index in [-0.39, 0.29) is 0 Å². The predicted molar refractivity (Wildman–Crippen MR) is 73.9 cm³/mol. The molecule has 0 amide bonds. The first-order valence-electron chi connectivity index (χ1n) is 6.99. The molecule has 1 aliphatic heterocycles. The van der Waals surface area contributed by atoms with Crippen molar-refractivity contribution in [1.29, 1.82) is 0 Å². The maximum atomic E-state index is 11.7. The third kappa shape index (κ3) is 2.78. The highest BCUT2D eigenvalue weighted by atomic mass is 16.4. The molecule has 1 unspecified atom stereocenters. The van der Waals surface area contributed by atoms with Gasteiger partial charge in [-0.2, -0.15) is 0 Å². The second-order valence-electron chi connectivity index (χ2n) is 5.38. The van der Waals surface area contributed by atoms with Crippen LogP contribution in [0.4, 0.5) is 0 Å². The Bertz CT molecular complexity index is 461. The minimum Gasteiger partial charge on any atom is -0.480 e. The van der Waals surface area contributed by atoms with Crippen molar-refractivity contribution in [3.63, 3.8) is 0 Å². The summed E-state index contributed by atoms with van der Waals surface area (Å²) >= 11 is 0. The molecule has 0 radical (unpaired) electrons. The molecule has 0 saturated carbocycles. The summed E-state index contributed by atoms with van der Waals surface area (Å²) in [4.78, 5) is 18.3. The van der Waals surface area contributed by atoms with Gasteiger partial charge in [0, 0.05) is 12.2 Å².